The van der Waals surface area contributed by atoms with Crippen LogP contribution in [0.15, 0.2) is 57.1 Å². The number of halogens is 1. The summed E-state index contributed by atoms with van der Waals surface area (Å²) in [4.78, 5) is 23.9. The third kappa shape index (κ3) is 2.97. The second kappa shape index (κ2) is 6.74. The first-order chi connectivity index (χ1) is 12.5. The number of benzene rings is 2. The largest absolute Gasteiger partial charge is 0.481 e. The Morgan fingerprint density at radius 1 is 1.12 bits per heavy atom. The summed E-state index contributed by atoms with van der Waals surface area (Å²) in [5.74, 6) is -0.914. The van der Waals surface area contributed by atoms with E-state index in [2.05, 4.69) is 33.4 Å². The number of rotatable bonds is 5. The Labute approximate surface area is 161 Å². The highest BCUT2D eigenvalue weighted by Crippen LogP contribution is 2.29. The second-order valence-electron chi connectivity index (χ2n) is 6.05. The first-order valence-corrected chi connectivity index (χ1v) is 9.77. The van der Waals surface area contributed by atoms with Crippen molar-refractivity contribution in [1.82, 2.24) is 9.13 Å². The lowest BCUT2D eigenvalue weighted by molar-refractivity contribution is -0.137. The van der Waals surface area contributed by atoms with Gasteiger partial charge in [0.25, 0.3) is 0 Å². The minimum Gasteiger partial charge on any atom is -0.481 e. The Morgan fingerprint density at radius 3 is 2.58 bits per heavy atom. The summed E-state index contributed by atoms with van der Waals surface area (Å²) in [6.45, 7) is 0.619. The smallest absolute Gasteiger partial charge is 0.329 e. The fourth-order valence-electron chi connectivity index (χ4n) is 3.20. The van der Waals surface area contributed by atoms with E-state index in [4.69, 9.17) is 5.11 Å². The van der Waals surface area contributed by atoms with E-state index >= 15 is 0 Å². The molecule has 0 bridgehead atoms. The molecule has 5 nitrogen and oxygen atoms in total. The van der Waals surface area contributed by atoms with Gasteiger partial charge in [-0.15, -0.1) is 11.3 Å². The van der Waals surface area contributed by atoms with Gasteiger partial charge in [0.05, 0.1) is 24.0 Å². The lowest BCUT2D eigenvalue weighted by Crippen LogP contribution is -2.25. The topological polar surface area (TPSA) is 64.2 Å². The molecule has 132 valence electrons. The predicted octanol–water partition coefficient (Wildman–Crippen LogP) is 4.30. The first kappa shape index (κ1) is 17.1. The van der Waals surface area contributed by atoms with Crippen LogP contribution in [0, 0.1) is 0 Å². The highest BCUT2D eigenvalue weighted by Gasteiger charge is 2.15. The van der Waals surface area contributed by atoms with Crippen LogP contribution < -0.4 is 5.69 Å². The minimum atomic E-state index is -0.914. The van der Waals surface area contributed by atoms with Crippen LogP contribution in [-0.2, 0) is 17.9 Å². The van der Waals surface area contributed by atoms with E-state index in [1.807, 2.05) is 30.3 Å². The molecule has 2 aromatic heterocycles. The first-order valence-electron chi connectivity index (χ1n) is 8.10. The average molecular weight is 431 g/mol. The number of aromatic nitrogens is 2. The summed E-state index contributed by atoms with van der Waals surface area (Å²) in [5.41, 5.74) is 2.48. The maximum atomic E-state index is 13.0. The zero-order valence-electron chi connectivity index (χ0n) is 13.7. The van der Waals surface area contributed by atoms with Crippen LogP contribution in [0.4, 0.5) is 0 Å². The summed E-state index contributed by atoms with van der Waals surface area (Å²) in [6, 6.07) is 13.6. The molecule has 2 heterocycles. The Bertz CT molecular complexity index is 1190. The number of carboxylic acids is 1. The molecule has 0 amide bonds. The molecule has 26 heavy (non-hydrogen) atoms. The van der Waals surface area contributed by atoms with Crippen LogP contribution in [0.3, 0.4) is 0 Å². The minimum absolute atomic E-state index is 0.0811. The van der Waals surface area contributed by atoms with Crippen LogP contribution in [0.2, 0.25) is 0 Å². The molecular weight excluding hydrogens is 416 g/mol. The molecular formula is C19H15BrN2O3S. The lowest BCUT2D eigenvalue weighted by atomic mass is 10.2. The summed E-state index contributed by atoms with van der Waals surface area (Å²) in [5, 5.41) is 12.2. The zero-order valence-corrected chi connectivity index (χ0v) is 16.1. The van der Waals surface area contributed by atoms with E-state index in [9.17, 15) is 9.59 Å². The third-order valence-electron chi connectivity index (χ3n) is 4.42. The molecule has 4 aromatic rings. The van der Waals surface area contributed by atoms with E-state index in [-0.39, 0.29) is 18.7 Å². The summed E-state index contributed by atoms with van der Waals surface area (Å²) in [6.07, 6.45) is -0.0811. The summed E-state index contributed by atoms with van der Waals surface area (Å²) in [7, 11) is 0. The zero-order chi connectivity index (χ0) is 18.3. The number of hydrogen-bond donors (Lipinski definition) is 1. The standard InChI is InChI=1S/C19H15BrN2O3S/c20-13-5-6-17-14(9-13)12(11-26-17)10-22-16-4-2-1-3-15(16)21(19(22)25)8-7-18(23)24/h1-6,9,11H,7-8,10H2,(H,23,24). The molecule has 0 spiro atoms. The molecule has 0 aliphatic carbocycles. The van der Waals surface area contributed by atoms with Crippen molar-refractivity contribution in [1.29, 1.82) is 0 Å². The fourth-order valence-corrected chi connectivity index (χ4v) is 4.49. The molecule has 0 aliphatic rings. The van der Waals surface area contributed by atoms with Gasteiger partial charge < -0.3 is 5.11 Å². The lowest BCUT2D eigenvalue weighted by Gasteiger charge is -2.03. The van der Waals surface area contributed by atoms with Crippen molar-refractivity contribution in [3.05, 3.63) is 68.4 Å². The number of aliphatic carboxylic acids is 1. The summed E-state index contributed by atoms with van der Waals surface area (Å²) >= 11 is 5.16. The molecule has 0 fully saturated rings. The van der Waals surface area contributed by atoms with E-state index in [0.29, 0.717) is 6.54 Å². The van der Waals surface area contributed by atoms with Crippen LogP contribution in [0.5, 0.6) is 0 Å². The van der Waals surface area contributed by atoms with Gasteiger partial charge in [0, 0.05) is 15.7 Å². The van der Waals surface area contributed by atoms with Crippen molar-refractivity contribution >= 4 is 54.4 Å². The van der Waals surface area contributed by atoms with Gasteiger partial charge in [-0.05, 0) is 46.7 Å². The Hall–Kier alpha value is -2.38. The normalized spacial score (nSPS) is 11.4. The molecule has 0 saturated heterocycles. The van der Waals surface area contributed by atoms with Gasteiger partial charge in [-0.1, -0.05) is 28.1 Å². The van der Waals surface area contributed by atoms with Crippen LogP contribution in [-0.4, -0.2) is 20.2 Å². The quantitative estimate of drug-likeness (QED) is 0.513. The number of imidazole rings is 1. The average Bonchev–Trinajstić information content (AvgIpc) is 3.13. The van der Waals surface area contributed by atoms with E-state index in [1.165, 1.54) is 4.70 Å². The molecule has 0 unspecified atom stereocenters. The van der Waals surface area contributed by atoms with Crippen molar-refractivity contribution in [3.8, 4) is 0 Å². The Morgan fingerprint density at radius 2 is 1.85 bits per heavy atom. The number of hydrogen-bond acceptors (Lipinski definition) is 3. The monoisotopic (exact) mass is 430 g/mol. The van der Waals surface area contributed by atoms with Crippen LogP contribution >= 0.6 is 27.3 Å². The molecule has 2 aromatic carbocycles. The molecule has 4 rings (SSSR count). The van der Waals surface area contributed by atoms with Crippen molar-refractivity contribution in [2.75, 3.05) is 0 Å². The molecule has 0 atom stereocenters. The Kier molecular flexibility index (Phi) is 4.42. The third-order valence-corrected chi connectivity index (χ3v) is 5.92. The van der Waals surface area contributed by atoms with Gasteiger partial charge in [-0.25, -0.2) is 4.79 Å². The maximum Gasteiger partial charge on any atom is 0.329 e. The van der Waals surface area contributed by atoms with Gasteiger partial charge in [0.2, 0.25) is 0 Å². The maximum absolute atomic E-state index is 13.0. The summed E-state index contributed by atoms with van der Waals surface area (Å²) < 4.78 is 5.44. The highest BCUT2D eigenvalue weighted by atomic mass is 79.9. The predicted molar refractivity (Wildman–Crippen MR) is 107 cm³/mol. The van der Waals surface area contributed by atoms with Gasteiger partial charge in [0.15, 0.2) is 0 Å². The van der Waals surface area contributed by atoms with Gasteiger partial charge in [-0.2, -0.15) is 0 Å². The van der Waals surface area contributed by atoms with Crippen molar-refractivity contribution in [3.63, 3.8) is 0 Å². The van der Waals surface area contributed by atoms with Gasteiger partial charge >= 0.3 is 11.7 Å². The number of para-hydroxylation sites is 2. The molecule has 7 heteroatoms. The molecule has 0 saturated carbocycles. The SMILES string of the molecule is O=C(O)CCn1c(=O)n(Cc2csc3ccc(Br)cc23)c2ccccc21. The number of thiophene rings is 1. The van der Waals surface area contributed by atoms with E-state index < -0.39 is 5.97 Å². The van der Waals surface area contributed by atoms with Crippen molar-refractivity contribution in [2.24, 2.45) is 0 Å². The molecule has 0 radical (unpaired) electrons. The Balaban J connectivity index is 1.83. The van der Waals surface area contributed by atoms with E-state index in [0.717, 1.165) is 26.5 Å². The second-order valence-corrected chi connectivity index (χ2v) is 7.88. The van der Waals surface area contributed by atoms with Crippen LogP contribution in [0.1, 0.15) is 12.0 Å². The van der Waals surface area contributed by atoms with Gasteiger partial charge in [-0.3, -0.25) is 13.9 Å². The number of nitrogens with zero attached hydrogens (tertiary/aromatic N) is 2. The molecule has 1 N–H and O–H groups in total. The van der Waals surface area contributed by atoms with Crippen LogP contribution in [0.25, 0.3) is 21.1 Å². The number of carboxylic acid groups (broad SMARTS) is 1. The molecule has 0 aliphatic heterocycles. The fraction of sp³-hybridized carbons (Fsp3) is 0.158. The van der Waals surface area contributed by atoms with Gasteiger partial charge in [0.1, 0.15) is 0 Å². The van der Waals surface area contributed by atoms with Crippen molar-refractivity contribution < 1.29 is 9.90 Å². The number of carbonyl (C=O) groups is 1. The van der Waals surface area contributed by atoms with Crippen molar-refractivity contribution in [2.45, 2.75) is 19.5 Å². The van der Waals surface area contributed by atoms with E-state index in [1.54, 1.807) is 20.5 Å². The highest BCUT2D eigenvalue weighted by molar-refractivity contribution is 9.10. The number of fused-ring (bicyclic) bond motifs is 2. The number of aryl methyl sites for hydroxylation is 1.